The Kier molecular flexibility index (Phi) is 4.84. The van der Waals surface area contributed by atoms with Crippen LogP contribution in [0, 0.1) is 0 Å². The second kappa shape index (κ2) is 7.12. The lowest BCUT2D eigenvalue weighted by atomic mass is 9.96. The second-order valence-electron chi connectivity index (χ2n) is 6.99. The van der Waals surface area contributed by atoms with Gasteiger partial charge in [0.15, 0.2) is 5.17 Å². The van der Waals surface area contributed by atoms with Gasteiger partial charge in [0.25, 0.3) is 0 Å². The first kappa shape index (κ1) is 17.7. The van der Waals surface area contributed by atoms with Crippen LogP contribution in [0.1, 0.15) is 44.1 Å². The van der Waals surface area contributed by atoms with Gasteiger partial charge in [-0.05, 0) is 43.7 Å². The highest BCUT2D eigenvalue weighted by Crippen LogP contribution is 2.48. The van der Waals surface area contributed by atoms with Crippen molar-refractivity contribution in [1.82, 2.24) is 9.88 Å². The number of halogens is 1. The van der Waals surface area contributed by atoms with Gasteiger partial charge in [0.1, 0.15) is 11.8 Å². The predicted molar refractivity (Wildman–Crippen MR) is 108 cm³/mol. The maximum Gasteiger partial charge on any atom is 0.160 e. The number of aromatic nitrogens is 1. The van der Waals surface area contributed by atoms with Crippen LogP contribution < -0.4 is 4.74 Å². The minimum atomic E-state index is -0.0147. The number of nitrogens with zero attached hydrogens (tertiary/aromatic N) is 3. The van der Waals surface area contributed by atoms with Crippen molar-refractivity contribution in [3.05, 3.63) is 58.9 Å². The zero-order chi connectivity index (χ0) is 18.3. The minimum Gasteiger partial charge on any atom is -0.489 e. The highest BCUT2D eigenvalue weighted by Gasteiger charge is 2.43. The fourth-order valence-corrected chi connectivity index (χ4v) is 4.86. The molecule has 1 fully saturated rings. The normalized spacial score (nSPS) is 24.7. The number of ether oxygens (including phenoxy) is 1. The molecule has 1 aromatic carbocycles. The summed E-state index contributed by atoms with van der Waals surface area (Å²) < 4.78 is 5.79. The summed E-state index contributed by atoms with van der Waals surface area (Å²) in [4.78, 5) is 12.0. The first-order chi connectivity index (χ1) is 12.5. The van der Waals surface area contributed by atoms with E-state index in [4.69, 9.17) is 21.3 Å². The highest BCUT2D eigenvalue weighted by atomic mass is 35.5. The van der Waals surface area contributed by atoms with Gasteiger partial charge in [0.2, 0.25) is 0 Å². The van der Waals surface area contributed by atoms with Crippen LogP contribution in [0.3, 0.4) is 0 Å². The molecule has 0 aliphatic carbocycles. The Hall–Kier alpha value is -1.72. The van der Waals surface area contributed by atoms with E-state index in [0.29, 0.717) is 10.3 Å². The molecule has 2 aliphatic rings. The maximum absolute atomic E-state index is 6.52. The Morgan fingerprint density at radius 2 is 2.12 bits per heavy atom. The summed E-state index contributed by atoms with van der Waals surface area (Å²) in [5.74, 6) is 0.725. The van der Waals surface area contributed by atoms with Gasteiger partial charge in [-0.25, -0.2) is 0 Å². The van der Waals surface area contributed by atoms with Crippen molar-refractivity contribution in [3.63, 3.8) is 0 Å². The predicted octanol–water partition coefficient (Wildman–Crippen LogP) is 5.11. The van der Waals surface area contributed by atoms with E-state index in [1.807, 2.05) is 56.1 Å². The lowest BCUT2D eigenvalue weighted by molar-refractivity contribution is 0.242. The molecule has 0 N–H and O–H groups in total. The third-order valence-corrected chi connectivity index (χ3v) is 5.94. The number of hydrogen-bond acceptors (Lipinski definition) is 5. The molecular formula is C20H22ClN3OS. The van der Waals surface area contributed by atoms with Crippen LogP contribution >= 0.6 is 23.4 Å². The van der Waals surface area contributed by atoms with E-state index >= 15 is 0 Å². The lowest BCUT2D eigenvalue weighted by Crippen LogP contribution is -2.28. The zero-order valence-electron chi connectivity index (χ0n) is 15.1. The second-order valence-corrected chi connectivity index (χ2v) is 8.81. The van der Waals surface area contributed by atoms with Crippen molar-refractivity contribution in [2.45, 2.75) is 44.2 Å². The number of benzene rings is 1. The quantitative estimate of drug-likeness (QED) is 0.730. The van der Waals surface area contributed by atoms with Crippen LogP contribution in [0.4, 0.5) is 0 Å². The minimum absolute atomic E-state index is 0.0147. The summed E-state index contributed by atoms with van der Waals surface area (Å²) in [6.45, 7) is 7.23. The Labute approximate surface area is 163 Å². The van der Waals surface area contributed by atoms with E-state index in [1.165, 1.54) is 0 Å². The summed E-state index contributed by atoms with van der Waals surface area (Å²) in [5.41, 5.74) is 2.14. The van der Waals surface area contributed by atoms with Crippen molar-refractivity contribution in [1.29, 1.82) is 0 Å². The fraction of sp³-hybridized carbons (Fsp3) is 0.400. The van der Waals surface area contributed by atoms with E-state index in [0.717, 1.165) is 28.7 Å². The molecule has 0 unspecified atom stereocenters. The molecule has 1 saturated heterocycles. The number of hydrogen-bond donors (Lipinski definition) is 0. The van der Waals surface area contributed by atoms with Crippen molar-refractivity contribution >= 4 is 28.5 Å². The molecule has 0 radical (unpaired) electrons. The molecule has 4 nitrogen and oxygen atoms in total. The number of fused-ring (bicyclic) bond motifs is 1. The van der Waals surface area contributed by atoms with Gasteiger partial charge in [-0.1, -0.05) is 42.4 Å². The first-order valence-electron chi connectivity index (χ1n) is 8.91. The van der Waals surface area contributed by atoms with Crippen LogP contribution in [0.25, 0.3) is 0 Å². The van der Waals surface area contributed by atoms with Gasteiger partial charge < -0.3 is 9.64 Å². The molecule has 4 rings (SSSR count). The summed E-state index contributed by atoms with van der Waals surface area (Å²) in [7, 11) is 0. The van der Waals surface area contributed by atoms with Gasteiger partial charge in [-0.3, -0.25) is 9.98 Å². The number of rotatable bonds is 4. The van der Waals surface area contributed by atoms with Gasteiger partial charge in [-0.2, -0.15) is 0 Å². The average Bonchev–Trinajstić information content (AvgIpc) is 3.13. The van der Waals surface area contributed by atoms with Crippen LogP contribution in [0.15, 0.2) is 47.6 Å². The van der Waals surface area contributed by atoms with E-state index in [1.54, 1.807) is 0 Å². The van der Waals surface area contributed by atoms with Crippen LogP contribution in [-0.4, -0.2) is 33.0 Å². The summed E-state index contributed by atoms with van der Waals surface area (Å²) in [6.07, 6.45) is 1.93. The molecule has 0 bridgehead atoms. The third-order valence-electron chi connectivity index (χ3n) is 4.54. The van der Waals surface area contributed by atoms with Crippen molar-refractivity contribution in [2.24, 2.45) is 4.99 Å². The Balaban J connectivity index is 1.71. The molecule has 6 heteroatoms. The van der Waals surface area contributed by atoms with E-state index < -0.39 is 0 Å². The molecule has 3 atom stereocenters. The first-order valence-corrected chi connectivity index (χ1v) is 10.2. The molecule has 2 aromatic rings. The Bertz CT molecular complexity index is 827. The molecule has 0 spiro atoms. The molecule has 0 saturated carbocycles. The topological polar surface area (TPSA) is 37.7 Å². The van der Waals surface area contributed by atoms with Crippen LogP contribution in [0.5, 0.6) is 5.75 Å². The van der Waals surface area contributed by atoms with Crippen LogP contribution in [0.2, 0.25) is 5.02 Å². The fourth-order valence-electron chi connectivity index (χ4n) is 3.53. The van der Waals surface area contributed by atoms with Crippen molar-refractivity contribution in [2.75, 3.05) is 6.54 Å². The van der Waals surface area contributed by atoms with E-state index in [-0.39, 0.29) is 18.2 Å². The smallest absolute Gasteiger partial charge is 0.160 e. The van der Waals surface area contributed by atoms with Crippen molar-refractivity contribution in [3.8, 4) is 5.75 Å². The summed E-state index contributed by atoms with van der Waals surface area (Å²) in [5, 5.41) is 2.29. The van der Waals surface area contributed by atoms with Gasteiger partial charge in [0.05, 0.1) is 22.9 Å². The number of aliphatic imine (C=N–C) groups is 1. The molecule has 2 aliphatic heterocycles. The number of amidine groups is 1. The molecule has 3 heterocycles. The molecular weight excluding hydrogens is 366 g/mol. The zero-order valence-corrected chi connectivity index (χ0v) is 16.7. The molecule has 1 aromatic heterocycles. The molecule has 26 heavy (non-hydrogen) atoms. The van der Waals surface area contributed by atoms with Crippen molar-refractivity contribution < 1.29 is 4.74 Å². The SMILES string of the molecule is CC(C)Oc1ccc([C@@H]2[C@H](c3ccccn3)N=C3S[C@@H](C)CN32)cc1Cl. The third kappa shape index (κ3) is 3.30. The van der Waals surface area contributed by atoms with Crippen LogP contribution in [-0.2, 0) is 0 Å². The monoisotopic (exact) mass is 387 g/mol. The van der Waals surface area contributed by atoms with Gasteiger partial charge in [-0.15, -0.1) is 0 Å². The Morgan fingerprint density at radius 3 is 2.81 bits per heavy atom. The van der Waals surface area contributed by atoms with Gasteiger partial charge >= 0.3 is 0 Å². The lowest BCUT2D eigenvalue weighted by Gasteiger charge is -2.27. The highest BCUT2D eigenvalue weighted by molar-refractivity contribution is 8.14. The Morgan fingerprint density at radius 1 is 1.27 bits per heavy atom. The number of thioether (sulfide) groups is 1. The van der Waals surface area contributed by atoms with E-state index in [9.17, 15) is 0 Å². The largest absolute Gasteiger partial charge is 0.489 e. The van der Waals surface area contributed by atoms with Gasteiger partial charge in [0, 0.05) is 18.0 Å². The average molecular weight is 388 g/mol. The van der Waals surface area contributed by atoms with E-state index in [2.05, 4.69) is 28.9 Å². The summed E-state index contributed by atoms with van der Waals surface area (Å²) >= 11 is 8.35. The number of pyridine rings is 1. The standard InChI is InChI=1S/C20H22ClN3OS/c1-12(2)25-17-8-7-14(10-15(17)21)19-18(16-6-4-5-9-22-16)23-20-24(19)11-13(3)26-20/h4-10,12-13,18-19H,11H2,1-3H3/t13-,18-,19+/m0/s1. The molecule has 136 valence electrons. The summed E-state index contributed by atoms with van der Waals surface area (Å²) in [6, 6.07) is 12.2. The molecule has 0 amide bonds. The maximum atomic E-state index is 6.52.